The van der Waals surface area contributed by atoms with Gasteiger partial charge in [-0.3, -0.25) is 4.79 Å². The minimum Gasteiger partial charge on any atom is -0.399 e. The van der Waals surface area contributed by atoms with Gasteiger partial charge in [0.05, 0.1) is 12.3 Å². The van der Waals surface area contributed by atoms with Gasteiger partial charge in [0.15, 0.2) is 0 Å². The highest BCUT2D eigenvalue weighted by atomic mass is 16.6. The summed E-state index contributed by atoms with van der Waals surface area (Å²) in [6, 6.07) is 17.0. The van der Waals surface area contributed by atoms with Crippen molar-refractivity contribution in [3.63, 3.8) is 0 Å². The van der Waals surface area contributed by atoms with E-state index < -0.39 is 6.10 Å². The number of benzene rings is 2. The van der Waals surface area contributed by atoms with E-state index in [0.717, 1.165) is 11.1 Å². The lowest BCUT2D eigenvalue weighted by atomic mass is 9.93. The van der Waals surface area contributed by atoms with Crippen molar-refractivity contribution < 1.29 is 14.7 Å². The zero-order valence-electron chi connectivity index (χ0n) is 14.6. The number of nitrogens with zero attached hydrogens (tertiary/aromatic N) is 1. The van der Waals surface area contributed by atoms with Gasteiger partial charge in [0.1, 0.15) is 7.11 Å². The number of oxime groups is 1. The Morgan fingerprint density at radius 3 is 2.48 bits per heavy atom. The number of hydrogen-bond donors (Lipinski definition) is 2. The van der Waals surface area contributed by atoms with Gasteiger partial charge in [-0.2, -0.15) is 0 Å². The summed E-state index contributed by atoms with van der Waals surface area (Å²) in [5.41, 5.74) is 2.54. The fourth-order valence-corrected chi connectivity index (χ4v) is 2.63. The summed E-state index contributed by atoms with van der Waals surface area (Å²) in [6.45, 7) is 2.23. The van der Waals surface area contributed by atoms with Crippen LogP contribution in [-0.2, 0) is 4.84 Å². The number of aliphatic hydroxyl groups is 1. The molecule has 25 heavy (non-hydrogen) atoms. The molecule has 2 aromatic rings. The Morgan fingerprint density at radius 2 is 1.88 bits per heavy atom. The van der Waals surface area contributed by atoms with Crippen molar-refractivity contribution in [1.29, 1.82) is 0 Å². The summed E-state index contributed by atoms with van der Waals surface area (Å²) < 4.78 is 0. The minimum atomic E-state index is -0.429. The first kappa shape index (κ1) is 18.7. The lowest BCUT2D eigenvalue weighted by Crippen LogP contribution is -2.29. The van der Waals surface area contributed by atoms with Crippen LogP contribution in [0.1, 0.15) is 40.7 Å². The van der Waals surface area contributed by atoms with Crippen LogP contribution < -0.4 is 5.32 Å². The number of carbonyl (C=O) groups excluding carboxylic acids is 1. The van der Waals surface area contributed by atoms with Crippen LogP contribution in [-0.4, -0.2) is 37.0 Å². The average molecular weight is 340 g/mol. The second-order valence-corrected chi connectivity index (χ2v) is 5.94. The highest BCUT2D eigenvalue weighted by Gasteiger charge is 2.16. The number of nitrogens with one attached hydrogen (secondary N) is 1. The Hall–Kier alpha value is -2.66. The van der Waals surface area contributed by atoms with Crippen molar-refractivity contribution in [3.8, 4) is 0 Å². The summed E-state index contributed by atoms with van der Waals surface area (Å²) in [7, 11) is 1.48. The van der Waals surface area contributed by atoms with E-state index in [2.05, 4.69) is 15.3 Å². The first-order valence-corrected chi connectivity index (χ1v) is 8.28. The summed E-state index contributed by atoms with van der Waals surface area (Å²) >= 11 is 0. The fourth-order valence-electron chi connectivity index (χ4n) is 2.63. The van der Waals surface area contributed by atoms with E-state index in [0.29, 0.717) is 18.5 Å². The number of hydrogen-bond acceptors (Lipinski definition) is 4. The summed E-state index contributed by atoms with van der Waals surface area (Å²) in [5.74, 6) is -0.0694. The van der Waals surface area contributed by atoms with Gasteiger partial charge in [-0.15, -0.1) is 0 Å². The lowest BCUT2D eigenvalue weighted by Gasteiger charge is -2.19. The van der Waals surface area contributed by atoms with E-state index in [1.807, 2.05) is 42.5 Å². The van der Waals surface area contributed by atoms with Crippen LogP contribution in [0, 0.1) is 0 Å². The number of rotatable bonds is 8. The highest BCUT2D eigenvalue weighted by Crippen LogP contribution is 2.20. The largest absolute Gasteiger partial charge is 0.399 e. The standard InChI is InChI=1S/C20H24N2O3/c1-15(23)12-19(17-6-4-3-5-7-17)14-21-20(24)18-10-8-16(9-11-18)13-22-25-2/h3-11,13,15,19,23H,12,14H2,1-2H3,(H,21,24)/b22-13+. The second kappa shape index (κ2) is 9.59. The van der Waals surface area contributed by atoms with Crippen LogP contribution in [0.25, 0.3) is 0 Å². The van der Waals surface area contributed by atoms with Crippen LogP contribution in [0.4, 0.5) is 0 Å². The molecule has 5 nitrogen and oxygen atoms in total. The van der Waals surface area contributed by atoms with Gasteiger partial charge in [0.25, 0.3) is 5.91 Å². The third-order valence-corrected chi connectivity index (χ3v) is 3.89. The molecule has 0 heterocycles. The van der Waals surface area contributed by atoms with Gasteiger partial charge in [-0.1, -0.05) is 47.6 Å². The molecule has 0 aliphatic rings. The third-order valence-electron chi connectivity index (χ3n) is 3.89. The maximum atomic E-state index is 12.4. The van der Waals surface area contributed by atoms with E-state index in [1.165, 1.54) is 7.11 Å². The first-order valence-electron chi connectivity index (χ1n) is 8.28. The molecule has 0 saturated carbocycles. The molecule has 1 amide bonds. The summed E-state index contributed by atoms with van der Waals surface area (Å²) in [6.07, 6.45) is 1.74. The van der Waals surface area contributed by atoms with Crippen LogP contribution in [0.2, 0.25) is 0 Å². The minimum absolute atomic E-state index is 0.0678. The summed E-state index contributed by atoms with van der Waals surface area (Å²) in [4.78, 5) is 17.0. The zero-order chi connectivity index (χ0) is 18.1. The Kier molecular flexibility index (Phi) is 7.16. The Labute approximate surface area is 148 Å². The van der Waals surface area contributed by atoms with E-state index >= 15 is 0 Å². The molecule has 2 N–H and O–H groups in total. The molecular formula is C20H24N2O3. The first-order chi connectivity index (χ1) is 12.1. The predicted molar refractivity (Wildman–Crippen MR) is 98.9 cm³/mol. The molecule has 0 aliphatic heterocycles. The molecule has 2 rings (SSSR count). The molecule has 0 aliphatic carbocycles. The van der Waals surface area contributed by atoms with Crippen molar-refractivity contribution in [1.82, 2.24) is 5.32 Å². The van der Waals surface area contributed by atoms with Crippen molar-refractivity contribution in [2.75, 3.05) is 13.7 Å². The van der Waals surface area contributed by atoms with E-state index in [4.69, 9.17) is 0 Å². The maximum Gasteiger partial charge on any atom is 0.251 e. The molecule has 0 saturated heterocycles. The predicted octanol–water partition coefficient (Wildman–Crippen LogP) is 2.95. The Balaban J connectivity index is 1.99. The molecule has 0 spiro atoms. The molecule has 0 aromatic heterocycles. The van der Waals surface area contributed by atoms with Crippen LogP contribution in [0.5, 0.6) is 0 Å². The molecule has 5 heteroatoms. The average Bonchev–Trinajstić information content (AvgIpc) is 2.64. The van der Waals surface area contributed by atoms with Crippen LogP contribution >= 0.6 is 0 Å². The SMILES string of the molecule is CO/N=C/c1ccc(C(=O)NCC(CC(C)O)c2ccccc2)cc1. The number of aliphatic hydroxyl groups excluding tert-OH is 1. The van der Waals surface area contributed by atoms with Gasteiger partial charge in [0, 0.05) is 18.0 Å². The molecular weight excluding hydrogens is 316 g/mol. The second-order valence-electron chi connectivity index (χ2n) is 5.94. The number of carbonyl (C=O) groups is 1. The highest BCUT2D eigenvalue weighted by molar-refractivity contribution is 5.95. The third kappa shape index (κ3) is 6.04. The van der Waals surface area contributed by atoms with Gasteiger partial charge in [-0.25, -0.2) is 0 Å². The molecule has 0 radical (unpaired) electrons. The van der Waals surface area contributed by atoms with Gasteiger partial charge >= 0.3 is 0 Å². The topological polar surface area (TPSA) is 70.9 Å². The smallest absolute Gasteiger partial charge is 0.251 e. The molecule has 2 unspecified atom stereocenters. The van der Waals surface area contributed by atoms with Crippen molar-refractivity contribution in [3.05, 3.63) is 71.3 Å². The van der Waals surface area contributed by atoms with E-state index in [9.17, 15) is 9.90 Å². The van der Waals surface area contributed by atoms with Crippen LogP contribution in [0.3, 0.4) is 0 Å². The van der Waals surface area contributed by atoms with Crippen molar-refractivity contribution in [2.45, 2.75) is 25.4 Å². The van der Waals surface area contributed by atoms with Gasteiger partial charge in [0.2, 0.25) is 0 Å². The van der Waals surface area contributed by atoms with Gasteiger partial charge in [-0.05, 0) is 36.6 Å². The molecule has 0 bridgehead atoms. The molecule has 0 fully saturated rings. The molecule has 2 atom stereocenters. The van der Waals surface area contributed by atoms with E-state index in [-0.39, 0.29) is 11.8 Å². The number of amides is 1. The van der Waals surface area contributed by atoms with Crippen LogP contribution in [0.15, 0.2) is 59.8 Å². The quantitative estimate of drug-likeness (QED) is 0.573. The Bertz CT molecular complexity index is 682. The monoisotopic (exact) mass is 340 g/mol. The normalized spacial score (nSPS) is 13.4. The van der Waals surface area contributed by atoms with Gasteiger partial charge < -0.3 is 15.3 Å². The fraction of sp³-hybridized carbons (Fsp3) is 0.300. The summed E-state index contributed by atoms with van der Waals surface area (Å²) in [5, 5.41) is 16.4. The Morgan fingerprint density at radius 1 is 1.20 bits per heavy atom. The molecule has 132 valence electrons. The van der Waals surface area contributed by atoms with E-state index in [1.54, 1.807) is 25.3 Å². The maximum absolute atomic E-state index is 12.4. The van der Waals surface area contributed by atoms with Crippen molar-refractivity contribution in [2.24, 2.45) is 5.16 Å². The zero-order valence-corrected chi connectivity index (χ0v) is 14.6. The lowest BCUT2D eigenvalue weighted by molar-refractivity contribution is 0.0945. The molecule has 2 aromatic carbocycles. The van der Waals surface area contributed by atoms with Crippen molar-refractivity contribution >= 4 is 12.1 Å².